The zero-order valence-electron chi connectivity index (χ0n) is 8.62. The first-order chi connectivity index (χ1) is 7.08. The molecule has 0 saturated carbocycles. The van der Waals surface area contributed by atoms with Crippen LogP contribution in [0, 0.1) is 0 Å². The number of halogens is 1. The van der Waals surface area contributed by atoms with E-state index < -0.39 is 0 Å². The van der Waals surface area contributed by atoms with Gasteiger partial charge in [-0.05, 0) is 25.1 Å². The van der Waals surface area contributed by atoms with Gasteiger partial charge in [-0.3, -0.25) is 9.48 Å². The van der Waals surface area contributed by atoms with Gasteiger partial charge in [0.15, 0.2) is 0 Å². The minimum absolute atomic E-state index is 0.134. The average Bonchev–Trinajstić information content (AvgIpc) is 2.42. The quantitative estimate of drug-likeness (QED) is 0.837. The third-order valence-corrected chi connectivity index (χ3v) is 2.80. The van der Waals surface area contributed by atoms with Crippen molar-refractivity contribution >= 4 is 32.6 Å². The Morgan fingerprint density at radius 3 is 2.93 bits per heavy atom. The number of ketones is 1. The summed E-state index contributed by atoms with van der Waals surface area (Å²) >= 11 is 3.42. The van der Waals surface area contributed by atoms with E-state index in [4.69, 9.17) is 0 Å². The summed E-state index contributed by atoms with van der Waals surface area (Å²) in [5.41, 5.74) is 1.90. The summed E-state index contributed by atoms with van der Waals surface area (Å²) in [6.07, 6.45) is 0.397. The number of rotatable bonds is 2. The smallest absolute Gasteiger partial charge is 0.135 e. The van der Waals surface area contributed by atoms with Gasteiger partial charge in [0.1, 0.15) is 5.78 Å². The predicted molar refractivity (Wildman–Crippen MR) is 62.8 cm³/mol. The molecule has 2 aromatic rings. The maximum absolute atomic E-state index is 11.1. The average molecular weight is 267 g/mol. The van der Waals surface area contributed by atoms with E-state index in [1.165, 1.54) is 0 Å². The fourth-order valence-corrected chi connectivity index (χ4v) is 2.04. The molecule has 4 heteroatoms. The molecule has 0 bridgehead atoms. The molecule has 15 heavy (non-hydrogen) atoms. The number of carbonyl (C=O) groups excluding carboxylic acids is 1. The molecule has 0 fully saturated rings. The van der Waals surface area contributed by atoms with E-state index in [2.05, 4.69) is 21.0 Å². The molecule has 0 radical (unpaired) electrons. The van der Waals surface area contributed by atoms with Gasteiger partial charge in [-0.1, -0.05) is 15.9 Å². The van der Waals surface area contributed by atoms with E-state index in [0.29, 0.717) is 6.42 Å². The molecule has 0 spiro atoms. The number of hydrogen-bond acceptors (Lipinski definition) is 2. The van der Waals surface area contributed by atoms with Crippen LogP contribution in [0.3, 0.4) is 0 Å². The second-order valence-electron chi connectivity index (χ2n) is 3.61. The van der Waals surface area contributed by atoms with Crippen molar-refractivity contribution in [2.75, 3.05) is 0 Å². The Bertz CT molecular complexity index is 531. The first-order valence-electron chi connectivity index (χ1n) is 4.68. The summed E-state index contributed by atoms with van der Waals surface area (Å²) < 4.78 is 2.81. The van der Waals surface area contributed by atoms with Crippen LogP contribution in [0.5, 0.6) is 0 Å². The minimum Gasteiger partial charge on any atom is -0.300 e. The molecule has 1 aromatic carbocycles. The number of benzene rings is 1. The summed E-state index contributed by atoms with van der Waals surface area (Å²) in [7, 11) is 1.89. The molecule has 78 valence electrons. The van der Waals surface area contributed by atoms with E-state index in [0.717, 1.165) is 21.1 Å². The normalized spacial score (nSPS) is 10.9. The van der Waals surface area contributed by atoms with Gasteiger partial charge in [0.2, 0.25) is 0 Å². The number of fused-ring (bicyclic) bond motifs is 1. The second-order valence-corrected chi connectivity index (χ2v) is 4.53. The molecule has 0 atom stereocenters. The highest BCUT2D eigenvalue weighted by Gasteiger charge is 2.10. The summed E-state index contributed by atoms with van der Waals surface area (Å²) in [5.74, 6) is 0.134. The molecule has 1 aromatic heterocycles. The standard InChI is InChI=1S/C11H11BrN2O/c1-7(15)5-10-9-6-8(12)3-4-11(9)14(2)13-10/h3-4,6H,5H2,1-2H3. The number of Topliss-reactive ketones (excluding diaryl/α,β-unsaturated/α-hetero) is 1. The van der Waals surface area contributed by atoms with Crippen LogP contribution in [0.25, 0.3) is 10.9 Å². The van der Waals surface area contributed by atoms with E-state index >= 15 is 0 Å². The Morgan fingerprint density at radius 2 is 2.27 bits per heavy atom. The van der Waals surface area contributed by atoms with Crippen LogP contribution in [0.4, 0.5) is 0 Å². The zero-order chi connectivity index (χ0) is 11.0. The highest BCUT2D eigenvalue weighted by molar-refractivity contribution is 9.10. The second kappa shape index (κ2) is 3.77. The lowest BCUT2D eigenvalue weighted by Crippen LogP contribution is -1.98. The Hall–Kier alpha value is -1.16. The van der Waals surface area contributed by atoms with Gasteiger partial charge in [0.25, 0.3) is 0 Å². The molecule has 1 heterocycles. The maximum atomic E-state index is 11.1. The number of aryl methyl sites for hydroxylation is 1. The van der Waals surface area contributed by atoms with E-state index in [1.54, 1.807) is 11.6 Å². The SMILES string of the molecule is CC(=O)Cc1nn(C)c2ccc(Br)cc12. The fourth-order valence-electron chi connectivity index (χ4n) is 1.68. The third-order valence-electron chi connectivity index (χ3n) is 2.31. The summed E-state index contributed by atoms with van der Waals surface area (Å²) in [5, 5.41) is 5.39. The third kappa shape index (κ3) is 1.95. The van der Waals surface area contributed by atoms with Gasteiger partial charge in [0.05, 0.1) is 17.6 Å². The molecule has 0 aliphatic heterocycles. The Balaban J connectivity index is 2.64. The van der Waals surface area contributed by atoms with Crippen LogP contribution >= 0.6 is 15.9 Å². The molecule has 0 aliphatic carbocycles. The lowest BCUT2D eigenvalue weighted by Gasteiger charge is -1.94. The van der Waals surface area contributed by atoms with Crippen LogP contribution < -0.4 is 0 Å². The largest absolute Gasteiger partial charge is 0.300 e. The first-order valence-corrected chi connectivity index (χ1v) is 5.48. The molecule has 2 rings (SSSR count). The van der Waals surface area contributed by atoms with Crippen LogP contribution in [-0.4, -0.2) is 15.6 Å². The Labute approximate surface area is 96.2 Å². The van der Waals surface area contributed by atoms with Crippen molar-refractivity contribution in [2.45, 2.75) is 13.3 Å². The van der Waals surface area contributed by atoms with Crippen molar-refractivity contribution in [3.05, 3.63) is 28.4 Å². The van der Waals surface area contributed by atoms with Crippen molar-refractivity contribution < 1.29 is 4.79 Å². The molecule has 0 saturated heterocycles. The van der Waals surface area contributed by atoms with Gasteiger partial charge in [-0.2, -0.15) is 5.10 Å². The number of nitrogens with zero attached hydrogens (tertiary/aromatic N) is 2. The highest BCUT2D eigenvalue weighted by Crippen LogP contribution is 2.22. The predicted octanol–water partition coefficient (Wildman–Crippen LogP) is 2.47. The van der Waals surface area contributed by atoms with Crippen LogP contribution in [0.1, 0.15) is 12.6 Å². The van der Waals surface area contributed by atoms with Gasteiger partial charge < -0.3 is 0 Å². The summed E-state index contributed by atoms with van der Waals surface area (Å²) in [6.45, 7) is 1.58. The highest BCUT2D eigenvalue weighted by atomic mass is 79.9. The minimum atomic E-state index is 0.134. The Kier molecular flexibility index (Phi) is 2.61. The Morgan fingerprint density at radius 1 is 1.53 bits per heavy atom. The lowest BCUT2D eigenvalue weighted by atomic mass is 10.1. The van der Waals surface area contributed by atoms with Gasteiger partial charge in [0, 0.05) is 16.9 Å². The number of carbonyl (C=O) groups is 1. The first kappa shape index (κ1) is 10.4. The van der Waals surface area contributed by atoms with Gasteiger partial charge in [-0.25, -0.2) is 0 Å². The summed E-state index contributed by atoms with van der Waals surface area (Å²) in [6, 6.07) is 5.97. The molecule has 0 amide bonds. The van der Waals surface area contributed by atoms with Crippen molar-refractivity contribution in [3.63, 3.8) is 0 Å². The summed E-state index contributed by atoms with van der Waals surface area (Å²) in [4.78, 5) is 11.1. The van der Waals surface area contributed by atoms with Crippen molar-refractivity contribution in [3.8, 4) is 0 Å². The van der Waals surface area contributed by atoms with E-state index in [9.17, 15) is 4.79 Å². The number of hydrogen-bond donors (Lipinski definition) is 0. The molecule has 0 unspecified atom stereocenters. The van der Waals surface area contributed by atoms with Crippen molar-refractivity contribution in [1.82, 2.24) is 9.78 Å². The molecule has 3 nitrogen and oxygen atoms in total. The van der Waals surface area contributed by atoms with Crippen LogP contribution in [0.15, 0.2) is 22.7 Å². The van der Waals surface area contributed by atoms with Gasteiger partial charge in [-0.15, -0.1) is 0 Å². The zero-order valence-corrected chi connectivity index (χ0v) is 10.2. The van der Waals surface area contributed by atoms with Crippen LogP contribution in [-0.2, 0) is 18.3 Å². The van der Waals surface area contributed by atoms with Crippen LogP contribution in [0.2, 0.25) is 0 Å². The van der Waals surface area contributed by atoms with Crippen molar-refractivity contribution in [1.29, 1.82) is 0 Å². The molecular formula is C11H11BrN2O. The van der Waals surface area contributed by atoms with Gasteiger partial charge >= 0.3 is 0 Å². The number of aromatic nitrogens is 2. The van der Waals surface area contributed by atoms with E-state index in [1.807, 2.05) is 25.2 Å². The monoisotopic (exact) mass is 266 g/mol. The fraction of sp³-hybridized carbons (Fsp3) is 0.273. The molecular weight excluding hydrogens is 256 g/mol. The van der Waals surface area contributed by atoms with Crippen molar-refractivity contribution in [2.24, 2.45) is 7.05 Å². The molecule has 0 N–H and O–H groups in total. The molecule has 0 aliphatic rings. The maximum Gasteiger partial charge on any atom is 0.135 e. The topological polar surface area (TPSA) is 34.9 Å². The van der Waals surface area contributed by atoms with E-state index in [-0.39, 0.29) is 5.78 Å². The lowest BCUT2D eigenvalue weighted by molar-refractivity contribution is -0.116.